The van der Waals surface area contributed by atoms with Crippen LogP contribution in [-0.2, 0) is 11.2 Å². The zero-order valence-corrected chi connectivity index (χ0v) is 12.9. The maximum Gasteiger partial charge on any atom is 0.0828 e. The Labute approximate surface area is 128 Å². The van der Waals surface area contributed by atoms with E-state index in [2.05, 4.69) is 29.6 Å². The highest BCUT2D eigenvalue weighted by Crippen LogP contribution is 2.44. The third-order valence-electron chi connectivity index (χ3n) is 5.38. The lowest BCUT2D eigenvalue weighted by atomic mass is 9.89. The molecule has 4 rings (SSSR count). The molecule has 0 aliphatic heterocycles. The number of hydrogen-bond donors (Lipinski definition) is 1. The minimum Gasteiger partial charge on any atom is -0.372 e. The second-order valence-electron chi connectivity index (χ2n) is 7.11. The lowest BCUT2D eigenvalue weighted by molar-refractivity contribution is 0.0409. The van der Waals surface area contributed by atoms with Crippen molar-refractivity contribution >= 4 is 0 Å². The normalized spacial score (nSPS) is 25.1. The third kappa shape index (κ3) is 3.32. The van der Waals surface area contributed by atoms with E-state index in [0.29, 0.717) is 6.10 Å². The summed E-state index contributed by atoms with van der Waals surface area (Å²) in [6.45, 7) is 1.88. The standard InChI is InChI=1S/C19H27NO/c1-2-6-17-14(4-1)5-3-7-18(17)21-13-12-20-19(15-8-9-15)16-10-11-16/h1-2,4,6,15-16,18-20H,3,5,7-13H2. The van der Waals surface area contributed by atoms with Gasteiger partial charge in [0.1, 0.15) is 0 Å². The molecule has 3 aliphatic rings. The number of benzene rings is 1. The number of ether oxygens (including phenoxy) is 1. The van der Waals surface area contributed by atoms with E-state index >= 15 is 0 Å². The van der Waals surface area contributed by atoms with Gasteiger partial charge in [-0.2, -0.15) is 0 Å². The van der Waals surface area contributed by atoms with Gasteiger partial charge in [-0.05, 0) is 67.9 Å². The predicted octanol–water partition coefficient (Wildman–Crippen LogP) is 3.86. The van der Waals surface area contributed by atoms with Crippen molar-refractivity contribution in [1.29, 1.82) is 0 Å². The Morgan fingerprint density at radius 3 is 2.57 bits per heavy atom. The zero-order chi connectivity index (χ0) is 14.1. The Kier molecular flexibility index (Phi) is 4.00. The second-order valence-corrected chi connectivity index (χ2v) is 7.11. The van der Waals surface area contributed by atoms with Gasteiger partial charge in [0.2, 0.25) is 0 Å². The SMILES string of the molecule is c1ccc2c(c1)CCCC2OCCNC(C1CC1)C1CC1. The number of nitrogens with one attached hydrogen (secondary N) is 1. The highest BCUT2D eigenvalue weighted by atomic mass is 16.5. The molecule has 2 saturated carbocycles. The molecular weight excluding hydrogens is 258 g/mol. The van der Waals surface area contributed by atoms with Crippen LogP contribution in [-0.4, -0.2) is 19.2 Å². The fourth-order valence-electron chi connectivity index (χ4n) is 3.94. The molecule has 2 fully saturated rings. The van der Waals surface area contributed by atoms with Crippen LogP contribution in [0.2, 0.25) is 0 Å². The van der Waals surface area contributed by atoms with E-state index in [1.807, 2.05) is 0 Å². The summed E-state index contributed by atoms with van der Waals surface area (Å²) in [7, 11) is 0. The van der Waals surface area contributed by atoms with E-state index in [-0.39, 0.29) is 0 Å². The van der Waals surface area contributed by atoms with Crippen LogP contribution in [0.15, 0.2) is 24.3 Å². The Bertz CT molecular complexity index is 466. The molecule has 1 unspecified atom stereocenters. The minimum atomic E-state index is 0.331. The van der Waals surface area contributed by atoms with Gasteiger partial charge in [-0.25, -0.2) is 0 Å². The fraction of sp³-hybridized carbons (Fsp3) is 0.684. The molecule has 1 aromatic rings. The van der Waals surface area contributed by atoms with Gasteiger partial charge in [0.05, 0.1) is 12.7 Å². The maximum atomic E-state index is 6.20. The number of rotatable bonds is 7. The first kappa shape index (κ1) is 13.8. The summed E-state index contributed by atoms with van der Waals surface area (Å²) in [5, 5.41) is 3.78. The van der Waals surface area contributed by atoms with E-state index in [4.69, 9.17) is 4.74 Å². The molecule has 3 aliphatic carbocycles. The number of aryl methyl sites for hydroxylation is 1. The summed E-state index contributed by atoms with van der Waals surface area (Å²) in [5.74, 6) is 1.96. The van der Waals surface area contributed by atoms with E-state index in [1.165, 1.54) is 56.1 Å². The number of hydrogen-bond acceptors (Lipinski definition) is 2. The van der Waals surface area contributed by atoms with E-state index in [1.54, 1.807) is 0 Å². The quantitative estimate of drug-likeness (QED) is 0.768. The first-order valence-corrected chi connectivity index (χ1v) is 8.84. The van der Waals surface area contributed by atoms with E-state index in [0.717, 1.165) is 31.0 Å². The molecule has 1 N–H and O–H groups in total. The first-order chi connectivity index (χ1) is 10.4. The van der Waals surface area contributed by atoms with Gasteiger partial charge < -0.3 is 10.1 Å². The summed E-state index contributed by atoms with van der Waals surface area (Å²) >= 11 is 0. The van der Waals surface area contributed by atoms with Crippen LogP contribution in [0.3, 0.4) is 0 Å². The summed E-state index contributed by atoms with van der Waals surface area (Å²) in [5.41, 5.74) is 2.93. The zero-order valence-electron chi connectivity index (χ0n) is 12.9. The van der Waals surface area contributed by atoms with Crippen molar-refractivity contribution in [3.8, 4) is 0 Å². The highest BCUT2D eigenvalue weighted by Gasteiger charge is 2.40. The lowest BCUT2D eigenvalue weighted by Crippen LogP contribution is -2.35. The molecule has 21 heavy (non-hydrogen) atoms. The van der Waals surface area contributed by atoms with Crippen molar-refractivity contribution in [3.05, 3.63) is 35.4 Å². The van der Waals surface area contributed by atoms with Crippen LogP contribution in [0.25, 0.3) is 0 Å². The lowest BCUT2D eigenvalue weighted by Gasteiger charge is -2.26. The molecule has 2 nitrogen and oxygen atoms in total. The van der Waals surface area contributed by atoms with Crippen LogP contribution in [0.1, 0.15) is 55.8 Å². The fourth-order valence-corrected chi connectivity index (χ4v) is 3.94. The van der Waals surface area contributed by atoms with Crippen LogP contribution < -0.4 is 5.32 Å². The molecule has 0 bridgehead atoms. The van der Waals surface area contributed by atoms with Crippen molar-refractivity contribution in [1.82, 2.24) is 5.32 Å². The van der Waals surface area contributed by atoms with Crippen molar-refractivity contribution in [2.24, 2.45) is 11.8 Å². The molecule has 0 spiro atoms. The average Bonchev–Trinajstić information content (AvgIpc) is 3.40. The van der Waals surface area contributed by atoms with E-state index in [9.17, 15) is 0 Å². The molecule has 0 radical (unpaired) electrons. The molecule has 1 aromatic carbocycles. The van der Waals surface area contributed by atoms with Crippen molar-refractivity contribution in [2.75, 3.05) is 13.2 Å². The van der Waals surface area contributed by atoms with Gasteiger partial charge >= 0.3 is 0 Å². The summed E-state index contributed by atoms with van der Waals surface area (Å²) in [6, 6.07) is 9.61. The Hall–Kier alpha value is -0.860. The molecule has 2 heteroatoms. The third-order valence-corrected chi connectivity index (χ3v) is 5.38. The maximum absolute atomic E-state index is 6.20. The van der Waals surface area contributed by atoms with Crippen LogP contribution >= 0.6 is 0 Å². The van der Waals surface area contributed by atoms with Gasteiger partial charge in [0.15, 0.2) is 0 Å². The Morgan fingerprint density at radius 2 is 1.81 bits per heavy atom. The van der Waals surface area contributed by atoms with Crippen LogP contribution in [0.4, 0.5) is 0 Å². The van der Waals surface area contributed by atoms with Gasteiger partial charge in [-0.3, -0.25) is 0 Å². The second kappa shape index (κ2) is 6.10. The van der Waals surface area contributed by atoms with Gasteiger partial charge in [-0.1, -0.05) is 24.3 Å². The molecule has 0 heterocycles. The molecule has 1 atom stereocenters. The number of fused-ring (bicyclic) bond motifs is 1. The smallest absolute Gasteiger partial charge is 0.0828 e. The molecule has 114 valence electrons. The summed E-state index contributed by atoms with van der Waals surface area (Å²) in [6.07, 6.45) is 9.80. The van der Waals surface area contributed by atoms with Gasteiger partial charge in [0.25, 0.3) is 0 Å². The first-order valence-electron chi connectivity index (χ1n) is 8.84. The average molecular weight is 285 g/mol. The van der Waals surface area contributed by atoms with Gasteiger partial charge in [0, 0.05) is 12.6 Å². The monoisotopic (exact) mass is 285 g/mol. The highest BCUT2D eigenvalue weighted by molar-refractivity contribution is 5.31. The Morgan fingerprint density at radius 1 is 1.05 bits per heavy atom. The van der Waals surface area contributed by atoms with Crippen molar-refractivity contribution in [2.45, 2.75) is 57.1 Å². The van der Waals surface area contributed by atoms with Crippen LogP contribution in [0.5, 0.6) is 0 Å². The summed E-state index contributed by atoms with van der Waals surface area (Å²) in [4.78, 5) is 0. The molecular formula is C19H27NO. The van der Waals surface area contributed by atoms with Gasteiger partial charge in [-0.15, -0.1) is 0 Å². The van der Waals surface area contributed by atoms with Crippen LogP contribution in [0, 0.1) is 11.8 Å². The van der Waals surface area contributed by atoms with Crippen molar-refractivity contribution < 1.29 is 4.74 Å². The largest absolute Gasteiger partial charge is 0.372 e. The summed E-state index contributed by atoms with van der Waals surface area (Å²) < 4.78 is 6.20. The minimum absolute atomic E-state index is 0.331. The molecule has 0 saturated heterocycles. The van der Waals surface area contributed by atoms with Crippen molar-refractivity contribution in [3.63, 3.8) is 0 Å². The van der Waals surface area contributed by atoms with E-state index < -0.39 is 0 Å². The molecule has 0 amide bonds. The Balaban J connectivity index is 1.26. The predicted molar refractivity (Wildman–Crippen MR) is 85.3 cm³/mol. The topological polar surface area (TPSA) is 21.3 Å². The molecule has 0 aromatic heterocycles.